The highest BCUT2D eigenvalue weighted by Gasteiger charge is 2.26. The SMILES string of the molecule is CN=C(NCC1CCCN1Cc1ccccc1)NC1CCCN(c2cnn(C)c2)C1. The molecule has 2 aromatic rings. The lowest BCUT2D eigenvalue weighted by molar-refractivity contribution is 0.245. The average molecular weight is 410 g/mol. The lowest BCUT2D eigenvalue weighted by Gasteiger charge is -2.34. The molecule has 162 valence electrons. The molecule has 0 amide bonds. The van der Waals surface area contributed by atoms with Gasteiger partial charge in [0.1, 0.15) is 0 Å². The summed E-state index contributed by atoms with van der Waals surface area (Å²) in [4.78, 5) is 9.51. The number of hydrogen-bond acceptors (Lipinski definition) is 4. The number of nitrogens with zero attached hydrogens (tertiary/aromatic N) is 5. The van der Waals surface area contributed by atoms with Crippen LogP contribution in [-0.4, -0.2) is 66.0 Å². The second-order valence-electron chi connectivity index (χ2n) is 8.51. The summed E-state index contributed by atoms with van der Waals surface area (Å²) in [6, 6.07) is 11.7. The zero-order valence-corrected chi connectivity index (χ0v) is 18.3. The van der Waals surface area contributed by atoms with Gasteiger partial charge in [-0.2, -0.15) is 5.10 Å². The third-order valence-corrected chi connectivity index (χ3v) is 6.27. The van der Waals surface area contributed by atoms with E-state index in [1.807, 2.05) is 25.0 Å². The number of hydrogen-bond donors (Lipinski definition) is 2. The maximum absolute atomic E-state index is 4.49. The Morgan fingerprint density at radius 2 is 2.00 bits per heavy atom. The summed E-state index contributed by atoms with van der Waals surface area (Å²) in [6.07, 6.45) is 8.91. The van der Waals surface area contributed by atoms with Gasteiger partial charge in [-0.15, -0.1) is 0 Å². The van der Waals surface area contributed by atoms with Gasteiger partial charge >= 0.3 is 0 Å². The van der Waals surface area contributed by atoms with E-state index in [4.69, 9.17) is 0 Å². The van der Waals surface area contributed by atoms with Crippen molar-refractivity contribution >= 4 is 11.6 Å². The van der Waals surface area contributed by atoms with Crippen LogP contribution >= 0.6 is 0 Å². The molecule has 3 heterocycles. The predicted molar refractivity (Wildman–Crippen MR) is 123 cm³/mol. The molecule has 0 radical (unpaired) electrons. The maximum atomic E-state index is 4.49. The van der Waals surface area contributed by atoms with Crippen molar-refractivity contribution in [2.45, 2.75) is 44.3 Å². The Bertz CT molecular complexity index is 816. The molecule has 2 atom stereocenters. The molecule has 1 aromatic carbocycles. The Morgan fingerprint density at radius 1 is 1.17 bits per heavy atom. The molecule has 0 saturated carbocycles. The van der Waals surface area contributed by atoms with Crippen LogP contribution in [0.1, 0.15) is 31.2 Å². The standard InChI is InChI=1S/C23H35N7/c1-24-23(27-20-10-6-12-30(17-20)22-15-26-28(2)18-22)25-14-21-11-7-13-29(21)16-19-8-4-3-5-9-19/h3-5,8-9,15,18,20-21H,6-7,10-14,16-17H2,1-2H3,(H2,24,25,27). The lowest BCUT2D eigenvalue weighted by Crippen LogP contribution is -2.52. The first-order valence-corrected chi connectivity index (χ1v) is 11.2. The van der Waals surface area contributed by atoms with Gasteiger partial charge in [-0.3, -0.25) is 14.6 Å². The van der Waals surface area contributed by atoms with E-state index in [9.17, 15) is 0 Å². The summed E-state index contributed by atoms with van der Waals surface area (Å²) in [5.41, 5.74) is 2.60. The quantitative estimate of drug-likeness (QED) is 0.566. The summed E-state index contributed by atoms with van der Waals surface area (Å²) >= 11 is 0. The van der Waals surface area contributed by atoms with Crippen molar-refractivity contribution in [3.05, 3.63) is 48.3 Å². The highest BCUT2D eigenvalue weighted by molar-refractivity contribution is 5.80. The number of aliphatic imine (C=N–C) groups is 1. The fourth-order valence-corrected chi connectivity index (χ4v) is 4.66. The van der Waals surface area contributed by atoms with E-state index >= 15 is 0 Å². The fourth-order valence-electron chi connectivity index (χ4n) is 4.66. The number of nitrogens with one attached hydrogen (secondary N) is 2. The molecule has 0 spiro atoms. The topological polar surface area (TPSA) is 60.7 Å². The summed E-state index contributed by atoms with van der Waals surface area (Å²) < 4.78 is 1.87. The summed E-state index contributed by atoms with van der Waals surface area (Å²) in [7, 11) is 3.84. The van der Waals surface area contributed by atoms with Crippen LogP contribution in [0.15, 0.2) is 47.7 Å². The average Bonchev–Trinajstić information content (AvgIpc) is 3.41. The van der Waals surface area contributed by atoms with E-state index in [0.717, 1.165) is 32.1 Å². The van der Waals surface area contributed by atoms with E-state index in [1.54, 1.807) is 0 Å². The molecule has 0 aliphatic carbocycles. The van der Waals surface area contributed by atoms with E-state index in [-0.39, 0.29) is 0 Å². The maximum Gasteiger partial charge on any atom is 0.191 e. The van der Waals surface area contributed by atoms with Crippen LogP contribution in [0.3, 0.4) is 0 Å². The number of aromatic nitrogens is 2. The molecular weight excluding hydrogens is 374 g/mol. The third-order valence-electron chi connectivity index (χ3n) is 6.27. The van der Waals surface area contributed by atoms with Crippen molar-refractivity contribution in [3.8, 4) is 0 Å². The molecule has 2 aliphatic heterocycles. The van der Waals surface area contributed by atoms with Crippen LogP contribution < -0.4 is 15.5 Å². The van der Waals surface area contributed by atoms with Crippen LogP contribution in [0.4, 0.5) is 5.69 Å². The van der Waals surface area contributed by atoms with Crippen molar-refractivity contribution in [2.24, 2.45) is 12.0 Å². The summed E-state index contributed by atoms with van der Waals surface area (Å²) in [5, 5.41) is 11.6. The monoisotopic (exact) mass is 409 g/mol. The molecule has 0 bridgehead atoms. The number of piperidine rings is 1. The minimum absolute atomic E-state index is 0.397. The normalized spacial score (nSPS) is 23.0. The lowest BCUT2D eigenvalue weighted by atomic mass is 10.1. The van der Waals surface area contributed by atoms with Gasteiger partial charge < -0.3 is 15.5 Å². The Hall–Kier alpha value is -2.54. The number of benzene rings is 1. The first-order chi connectivity index (χ1) is 14.7. The zero-order chi connectivity index (χ0) is 20.8. The van der Waals surface area contributed by atoms with Gasteiger partial charge in [0.05, 0.1) is 11.9 Å². The molecule has 2 aliphatic rings. The van der Waals surface area contributed by atoms with E-state index in [2.05, 4.69) is 67.1 Å². The van der Waals surface area contributed by atoms with Gasteiger partial charge in [-0.05, 0) is 37.8 Å². The number of aryl methyl sites for hydroxylation is 1. The predicted octanol–water partition coefficient (Wildman–Crippen LogP) is 2.22. The van der Waals surface area contributed by atoms with Gasteiger partial charge in [0.15, 0.2) is 5.96 Å². The molecule has 7 nitrogen and oxygen atoms in total. The van der Waals surface area contributed by atoms with Crippen molar-refractivity contribution in [2.75, 3.05) is 38.1 Å². The van der Waals surface area contributed by atoms with Crippen LogP contribution in [-0.2, 0) is 13.6 Å². The van der Waals surface area contributed by atoms with Crippen molar-refractivity contribution in [3.63, 3.8) is 0 Å². The van der Waals surface area contributed by atoms with Crippen LogP contribution in [0.5, 0.6) is 0 Å². The molecule has 7 heteroatoms. The van der Waals surface area contributed by atoms with E-state index in [1.165, 1.54) is 43.5 Å². The van der Waals surface area contributed by atoms with E-state index in [0.29, 0.717) is 12.1 Å². The van der Waals surface area contributed by atoms with Gasteiger partial charge in [-0.25, -0.2) is 0 Å². The minimum atomic E-state index is 0.397. The van der Waals surface area contributed by atoms with Gasteiger partial charge in [0.2, 0.25) is 0 Å². The molecule has 1 aromatic heterocycles. The molecule has 2 saturated heterocycles. The molecule has 4 rings (SSSR count). The Balaban J connectivity index is 1.27. The second kappa shape index (κ2) is 9.98. The Kier molecular flexibility index (Phi) is 6.89. The zero-order valence-electron chi connectivity index (χ0n) is 18.3. The smallest absolute Gasteiger partial charge is 0.191 e. The highest BCUT2D eigenvalue weighted by atomic mass is 15.3. The number of likely N-dealkylation sites (tertiary alicyclic amines) is 1. The second-order valence-corrected chi connectivity index (χ2v) is 8.51. The van der Waals surface area contributed by atoms with Crippen molar-refractivity contribution in [1.29, 1.82) is 0 Å². The first kappa shape index (κ1) is 20.7. The number of rotatable bonds is 6. The summed E-state index contributed by atoms with van der Waals surface area (Å²) in [6.45, 7) is 5.21. The van der Waals surface area contributed by atoms with Crippen LogP contribution in [0, 0.1) is 0 Å². The van der Waals surface area contributed by atoms with Crippen LogP contribution in [0.25, 0.3) is 0 Å². The molecule has 30 heavy (non-hydrogen) atoms. The molecule has 2 unspecified atom stereocenters. The van der Waals surface area contributed by atoms with Crippen LogP contribution in [0.2, 0.25) is 0 Å². The van der Waals surface area contributed by atoms with Gasteiger partial charge in [0, 0.05) is 58.6 Å². The van der Waals surface area contributed by atoms with Gasteiger partial charge in [-0.1, -0.05) is 30.3 Å². The number of anilines is 1. The van der Waals surface area contributed by atoms with Gasteiger partial charge in [0.25, 0.3) is 0 Å². The molecule has 2 fully saturated rings. The molecule has 2 N–H and O–H groups in total. The number of guanidine groups is 1. The third kappa shape index (κ3) is 5.33. The molecular formula is C23H35N7. The van der Waals surface area contributed by atoms with Crippen molar-refractivity contribution in [1.82, 2.24) is 25.3 Å². The highest BCUT2D eigenvalue weighted by Crippen LogP contribution is 2.20. The fraction of sp³-hybridized carbons (Fsp3) is 0.565. The summed E-state index contributed by atoms with van der Waals surface area (Å²) in [5.74, 6) is 0.916. The Morgan fingerprint density at radius 3 is 2.77 bits per heavy atom. The van der Waals surface area contributed by atoms with E-state index < -0.39 is 0 Å². The van der Waals surface area contributed by atoms with Crippen molar-refractivity contribution < 1.29 is 0 Å². The largest absolute Gasteiger partial charge is 0.367 e. The first-order valence-electron chi connectivity index (χ1n) is 11.2. The Labute approximate surface area is 180 Å². The minimum Gasteiger partial charge on any atom is -0.367 e.